The summed E-state index contributed by atoms with van der Waals surface area (Å²) in [7, 11) is 0. The maximum absolute atomic E-state index is 12.9. The van der Waals surface area contributed by atoms with Crippen molar-refractivity contribution in [1.29, 1.82) is 5.26 Å². The van der Waals surface area contributed by atoms with E-state index in [2.05, 4.69) is 10.0 Å². The van der Waals surface area contributed by atoms with Crippen LogP contribution < -0.4 is 10.0 Å². The van der Waals surface area contributed by atoms with Crippen LogP contribution in [0.3, 0.4) is 0 Å². The summed E-state index contributed by atoms with van der Waals surface area (Å²) < 4.78 is 41.5. The van der Waals surface area contributed by atoms with Crippen LogP contribution >= 0.6 is 23.5 Å². The van der Waals surface area contributed by atoms with Gasteiger partial charge in [-0.3, -0.25) is 4.79 Å². The zero-order valence-electron chi connectivity index (χ0n) is 15.1. The van der Waals surface area contributed by atoms with Crippen molar-refractivity contribution in [3.63, 3.8) is 0 Å². The quantitative estimate of drug-likeness (QED) is 0.432. The Balaban J connectivity index is 1.72. The van der Waals surface area contributed by atoms with E-state index >= 15 is 0 Å². The Morgan fingerprint density at radius 3 is 2.53 bits per heavy atom. The lowest BCUT2D eigenvalue weighted by Crippen LogP contribution is -2.12. The number of carbonyl (C=O) groups is 1. The second kappa shape index (κ2) is 9.11. The van der Waals surface area contributed by atoms with Crippen LogP contribution in [0.25, 0.3) is 0 Å². The molecule has 0 fully saturated rings. The first-order chi connectivity index (χ1) is 14.3. The van der Waals surface area contributed by atoms with Crippen molar-refractivity contribution in [3.8, 4) is 6.07 Å². The van der Waals surface area contributed by atoms with Crippen LogP contribution in [0.1, 0.15) is 21.5 Å². The molecule has 0 saturated carbocycles. The highest BCUT2D eigenvalue weighted by molar-refractivity contribution is 8.00. The molecule has 1 amide bonds. The lowest BCUT2D eigenvalue weighted by atomic mass is 10.2. The molecule has 3 aromatic rings. The van der Waals surface area contributed by atoms with Crippen LogP contribution in [-0.2, 0) is 6.18 Å². The van der Waals surface area contributed by atoms with Crippen molar-refractivity contribution in [1.82, 2.24) is 0 Å². The van der Waals surface area contributed by atoms with E-state index in [0.29, 0.717) is 21.7 Å². The van der Waals surface area contributed by atoms with Gasteiger partial charge in [0.05, 0.1) is 27.9 Å². The van der Waals surface area contributed by atoms with Gasteiger partial charge in [0.25, 0.3) is 5.91 Å². The third kappa shape index (κ3) is 5.47. The number of benzene rings is 3. The minimum atomic E-state index is -4.48. The molecule has 0 atom stereocenters. The molecule has 3 aromatic carbocycles. The summed E-state index contributed by atoms with van der Waals surface area (Å²) in [5.41, 5.74) is 0.534. The monoisotopic (exact) mass is 447 g/mol. The SMILES string of the molecule is N#Cc1cccc(NC(=O)c2cccc(SNc3cc(C(F)(F)F)ccc3Cl)c2)c1. The fraction of sp³-hybridized carbons (Fsp3) is 0.0476. The molecule has 152 valence electrons. The highest BCUT2D eigenvalue weighted by atomic mass is 35.5. The second-order valence-electron chi connectivity index (χ2n) is 6.07. The molecule has 0 unspecified atom stereocenters. The van der Waals surface area contributed by atoms with Gasteiger partial charge in [-0.15, -0.1) is 0 Å². The zero-order valence-corrected chi connectivity index (χ0v) is 16.7. The predicted octanol–water partition coefficient (Wildman–Crippen LogP) is 6.60. The number of carbonyl (C=O) groups excluding carboxylic acids is 1. The zero-order chi connectivity index (χ0) is 21.7. The van der Waals surface area contributed by atoms with Gasteiger partial charge < -0.3 is 10.0 Å². The average Bonchev–Trinajstić information content (AvgIpc) is 2.72. The number of rotatable bonds is 5. The summed E-state index contributed by atoms with van der Waals surface area (Å²) in [5, 5.41) is 11.8. The van der Waals surface area contributed by atoms with Crippen molar-refractivity contribution in [2.45, 2.75) is 11.1 Å². The number of alkyl halides is 3. The first-order valence-electron chi connectivity index (χ1n) is 8.47. The van der Waals surface area contributed by atoms with Crippen molar-refractivity contribution in [2.75, 3.05) is 10.0 Å². The lowest BCUT2D eigenvalue weighted by molar-refractivity contribution is -0.137. The molecule has 0 radical (unpaired) electrons. The van der Waals surface area contributed by atoms with Crippen LogP contribution in [0.4, 0.5) is 24.5 Å². The van der Waals surface area contributed by atoms with Gasteiger partial charge in [-0.2, -0.15) is 18.4 Å². The van der Waals surface area contributed by atoms with Crippen molar-refractivity contribution in [3.05, 3.63) is 88.4 Å². The highest BCUT2D eigenvalue weighted by Gasteiger charge is 2.31. The van der Waals surface area contributed by atoms with Gasteiger partial charge in [-0.1, -0.05) is 23.7 Å². The molecule has 0 aromatic heterocycles. The van der Waals surface area contributed by atoms with Gasteiger partial charge in [0.2, 0.25) is 0 Å². The molecule has 3 rings (SSSR count). The van der Waals surface area contributed by atoms with E-state index in [4.69, 9.17) is 16.9 Å². The van der Waals surface area contributed by atoms with Crippen LogP contribution in [0.15, 0.2) is 71.6 Å². The predicted molar refractivity (Wildman–Crippen MR) is 111 cm³/mol. The van der Waals surface area contributed by atoms with Crippen molar-refractivity contribution < 1.29 is 18.0 Å². The maximum Gasteiger partial charge on any atom is 0.416 e. The van der Waals surface area contributed by atoms with Gasteiger partial charge in [-0.05, 0) is 66.5 Å². The molecule has 2 N–H and O–H groups in total. The first kappa shape index (κ1) is 21.6. The molecule has 9 heteroatoms. The summed E-state index contributed by atoms with van der Waals surface area (Å²) in [6.07, 6.45) is -4.48. The van der Waals surface area contributed by atoms with E-state index in [0.717, 1.165) is 24.1 Å². The molecule has 0 aliphatic heterocycles. The molecule has 4 nitrogen and oxygen atoms in total. The van der Waals surface area contributed by atoms with E-state index in [1.807, 2.05) is 6.07 Å². The molecule has 0 aliphatic carbocycles. The number of nitriles is 1. The number of nitrogens with one attached hydrogen (secondary N) is 2. The second-order valence-corrected chi connectivity index (χ2v) is 7.36. The lowest BCUT2D eigenvalue weighted by Gasteiger charge is -2.12. The molecule has 0 heterocycles. The maximum atomic E-state index is 12.9. The number of hydrogen-bond acceptors (Lipinski definition) is 4. The molecular formula is C21H13ClF3N3OS. The molecule has 0 aliphatic rings. The molecule has 0 bridgehead atoms. The Hall–Kier alpha value is -3.15. The Bertz CT molecular complexity index is 1130. The number of amides is 1. The number of halogens is 4. The van der Waals surface area contributed by atoms with Crippen LogP contribution in [-0.4, -0.2) is 5.91 Å². The number of anilines is 2. The van der Waals surface area contributed by atoms with Gasteiger partial charge in [0.15, 0.2) is 0 Å². The fourth-order valence-corrected chi connectivity index (χ4v) is 3.41. The van der Waals surface area contributed by atoms with Gasteiger partial charge >= 0.3 is 6.18 Å². The van der Waals surface area contributed by atoms with E-state index in [1.54, 1.807) is 48.5 Å². The Morgan fingerprint density at radius 2 is 1.80 bits per heavy atom. The van der Waals surface area contributed by atoms with Gasteiger partial charge in [-0.25, -0.2) is 0 Å². The fourth-order valence-electron chi connectivity index (χ4n) is 2.46. The van der Waals surface area contributed by atoms with Gasteiger partial charge in [0.1, 0.15) is 0 Å². The van der Waals surface area contributed by atoms with Crippen LogP contribution in [0.5, 0.6) is 0 Å². The minimum Gasteiger partial charge on any atom is -0.324 e. The Morgan fingerprint density at radius 1 is 1.03 bits per heavy atom. The largest absolute Gasteiger partial charge is 0.416 e. The summed E-state index contributed by atoms with van der Waals surface area (Å²) >= 11 is 7.01. The van der Waals surface area contributed by atoms with Crippen molar-refractivity contribution >= 4 is 40.8 Å². The Kier molecular flexibility index (Phi) is 6.55. The van der Waals surface area contributed by atoms with E-state index < -0.39 is 11.7 Å². The Labute approximate surface area is 179 Å². The summed E-state index contributed by atoms with van der Waals surface area (Å²) in [6, 6.07) is 18.0. The third-order valence-electron chi connectivity index (χ3n) is 3.92. The molecule has 0 saturated heterocycles. The normalized spacial score (nSPS) is 10.9. The molecule has 0 spiro atoms. The van der Waals surface area contributed by atoms with E-state index in [-0.39, 0.29) is 16.6 Å². The smallest absolute Gasteiger partial charge is 0.324 e. The summed E-state index contributed by atoms with van der Waals surface area (Å²) in [4.78, 5) is 13.1. The highest BCUT2D eigenvalue weighted by Crippen LogP contribution is 2.35. The first-order valence-corrected chi connectivity index (χ1v) is 9.67. The minimum absolute atomic E-state index is 0.111. The third-order valence-corrected chi connectivity index (χ3v) is 5.06. The molecule has 30 heavy (non-hydrogen) atoms. The van der Waals surface area contributed by atoms with Crippen LogP contribution in [0, 0.1) is 11.3 Å². The topological polar surface area (TPSA) is 64.9 Å². The standard InChI is InChI=1S/C21H13ClF3N3OS/c22-18-8-7-15(21(23,24)25)11-19(18)28-30-17-6-2-4-14(10-17)20(29)27-16-5-1-3-13(9-16)12-26/h1-11,28H,(H,27,29). The number of nitrogens with zero attached hydrogens (tertiary/aromatic N) is 1. The molecular weight excluding hydrogens is 435 g/mol. The summed E-state index contributed by atoms with van der Waals surface area (Å²) in [5.74, 6) is -0.385. The number of hydrogen-bond donors (Lipinski definition) is 2. The van der Waals surface area contributed by atoms with E-state index in [1.165, 1.54) is 6.07 Å². The van der Waals surface area contributed by atoms with Gasteiger partial charge in [0, 0.05) is 16.1 Å². The van der Waals surface area contributed by atoms with Crippen molar-refractivity contribution in [2.24, 2.45) is 0 Å². The van der Waals surface area contributed by atoms with Crippen LogP contribution in [0.2, 0.25) is 5.02 Å². The average molecular weight is 448 g/mol. The summed E-state index contributed by atoms with van der Waals surface area (Å²) in [6.45, 7) is 0. The van der Waals surface area contributed by atoms with E-state index in [9.17, 15) is 18.0 Å².